The Labute approximate surface area is 283 Å². The SMILES string of the molecule is CNC(=O)CCCOc1cc(CN(C(=O)C2=C(c3cccc(-c4ccccc4)c3)CCN(C(=O)OC(C)(C)C)C2)C2CC2)cc(OC)c1. The van der Waals surface area contributed by atoms with E-state index in [9.17, 15) is 14.4 Å². The predicted molar refractivity (Wildman–Crippen MR) is 187 cm³/mol. The second-order valence-corrected chi connectivity index (χ2v) is 13.4. The van der Waals surface area contributed by atoms with Crippen molar-refractivity contribution in [3.8, 4) is 22.6 Å². The van der Waals surface area contributed by atoms with Crippen molar-refractivity contribution in [2.45, 2.75) is 71.1 Å². The second-order valence-electron chi connectivity index (χ2n) is 13.4. The highest BCUT2D eigenvalue weighted by atomic mass is 16.6. The van der Waals surface area contributed by atoms with Crippen molar-refractivity contribution in [1.82, 2.24) is 15.1 Å². The van der Waals surface area contributed by atoms with Gasteiger partial charge in [-0.05, 0) is 92.5 Å². The minimum Gasteiger partial charge on any atom is -0.497 e. The average Bonchev–Trinajstić information content (AvgIpc) is 3.93. The van der Waals surface area contributed by atoms with E-state index in [1.807, 2.05) is 68.1 Å². The summed E-state index contributed by atoms with van der Waals surface area (Å²) in [7, 11) is 3.22. The lowest BCUT2D eigenvalue weighted by molar-refractivity contribution is -0.128. The molecule has 3 aromatic carbocycles. The summed E-state index contributed by atoms with van der Waals surface area (Å²) in [6.07, 6.45) is 2.90. The van der Waals surface area contributed by atoms with Crippen LogP contribution >= 0.6 is 0 Å². The highest BCUT2D eigenvalue weighted by Crippen LogP contribution is 2.36. The van der Waals surface area contributed by atoms with Crippen LogP contribution in [0.3, 0.4) is 0 Å². The Bertz CT molecular complexity index is 1640. The largest absolute Gasteiger partial charge is 0.497 e. The molecule has 5 rings (SSSR count). The quantitative estimate of drug-likeness (QED) is 0.215. The van der Waals surface area contributed by atoms with Crippen LogP contribution in [0.15, 0.2) is 78.4 Å². The number of methoxy groups -OCH3 is 1. The zero-order valence-corrected chi connectivity index (χ0v) is 28.7. The molecule has 0 saturated heterocycles. The van der Waals surface area contributed by atoms with Crippen molar-refractivity contribution in [1.29, 1.82) is 0 Å². The summed E-state index contributed by atoms with van der Waals surface area (Å²) in [4.78, 5) is 43.1. The Morgan fingerprint density at radius 1 is 0.917 bits per heavy atom. The van der Waals surface area contributed by atoms with E-state index in [2.05, 4.69) is 35.6 Å². The molecule has 0 spiro atoms. The number of hydrogen-bond acceptors (Lipinski definition) is 6. The van der Waals surface area contributed by atoms with Gasteiger partial charge in [-0.2, -0.15) is 0 Å². The van der Waals surface area contributed by atoms with Crippen molar-refractivity contribution in [2.24, 2.45) is 0 Å². The Morgan fingerprint density at radius 2 is 1.62 bits per heavy atom. The van der Waals surface area contributed by atoms with Crippen LogP contribution < -0.4 is 14.8 Å². The third kappa shape index (κ3) is 9.18. The topological polar surface area (TPSA) is 97.4 Å². The van der Waals surface area contributed by atoms with Crippen molar-refractivity contribution >= 4 is 23.5 Å². The van der Waals surface area contributed by atoms with Gasteiger partial charge in [0.2, 0.25) is 5.91 Å². The molecule has 1 fully saturated rings. The van der Waals surface area contributed by atoms with Crippen LogP contribution in [0.2, 0.25) is 0 Å². The zero-order chi connectivity index (χ0) is 34.3. The lowest BCUT2D eigenvalue weighted by Crippen LogP contribution is -2.44. The minimum absolute atomic E-state index is 0.0306. The molecule has 9 nitrogen and oxygen atoms in total. The lowest BCUT2D eigenvalue weighted by Gasteiger charge is -2.34. The number of carbonyl (C=O) groups is 3. The summed E-state index contributed by atoms with van der Waals surface area (Å²) in [5, 5.41) is 2.62. The molecule has 0 aromatic heterocycles. The Hall–Kier alpha value is -4.79. The molecule has 1 heterocycles. The second kappa shape index (κ2) is 15.4. The molecular weight excluding hydrogens is 606 g/mol. The van der Waals surface area contributed by atoms with Crippen LogP contribution in [0.5, 0.6) is 11.5 Å². The molecule has 0 radical (unpaired) electrons. The first-order valence-corrected chi connectivity index (χ1v) is 16.7. The zero-order valence-electron chi connectivity index (χ0n) is 28.7. The lowest BCUT2D eigenvalue weighted by atomic mass is 9.90. The van der Waals surface area contributed by atoms with E-state index >= 15 is 0 Å². The molecule has 48 heavy (non-hydrogen) atoms. The van der Waals surface area contributed by atoms with E-state index in [0.717, 1.165) is 40.7 Å². The fraction of sp³-hybridized carbons (Fsp3) is 0.410. The molecule has 254 valence electrons. The summed E-state index contributed by atoms with van der Waals surface area (Å²) in [5.74, 6) is 1.14. The number of hydrogen-bond donors (Lipinski definition) is 1. The van der Waals surface area contributed by atoms with E-state index in [-0.39, 0.29) is 24.4 Å². The summed E-state index contributed by atoms with van der Waals surface area (Å²) in [5.41, 5.74) is 4.94. The fourth-order valence-electron chi connectivity index (χ4n) is 5.87. The van der Waals surface area contributed by atoms with Gasteiger partial charge in [-0.1, -0.05) is 48.5 Å². The summed E-state index contributed by atoms with van der Waals surface area (Å²) in [6.45, 7) is 6.91. The third-order valence-electron chi connectivity index (χ3n) is 8.45. The van der Waals surface area contributed by atoms with E-state index < -0.39 is 11.7 Å². The Balaban J connectivity index is 1.46. The van der Waals surface area contributed by atoms with Gasteiger partial charge in [0.25, 0.3) is 5.91 Å². The van der Waals surface area contributed by atoms with Gasteiger partial charge >= 0.3 is 6.09 Å². The third-order valence-corrected chi connectivity index (χ3v) is 8.45. The monoisotopic (exact) mass is 653 g/mol. The first kappa shape index (κ1) is 34.5. The normalized spacial score (nSPS) is 14.7. The molecule has 3 amide bonds. The van der Waals surface area contributed by atoms with Crippen LogP contribution in [0.25, 0.3) is 16.7 Å². The van der Waals surface area contributed by atoms with Gasteiger partial charge in [0.05, 0.1) is 20.3 Å². The van der Waals surface area contributed by atoms with Gasteiger partial charge < -0.3 is 29.3 Å². The highest BCUT2D eigenvalue weighted by Gasteiger charge is 2.38. The van der Waals surface area contributed by atoms with Crippen LogP contribution in [-0.2, 0) is 20.9 Å². The molecular formula is C39H47N3O6. The molecule has 3 aromatic rings. The van der Waals surface area contributed by atoms with Crippen LogP contribution in [-0.4, -0.2) is 73.2 Å². The van der Waals surface area contributed by atoms with Gasteiger partial charge in [-0.25, -0.2) is 4.79 Å². The molecule has 2 aliphatic rings. The molecule has 0 unspecified atom stereocenters. The molecule has 1 saturated carbocycles. The smallest absolute Gasteiger partial charge is 0.410 e. The molecule has 1 N–H and O–H groups in total. The number of nitrogens with zero attached hydrogens (tertiary/aromatic N) is 2. The van der Waals surface area contributed by atoms with Gasteiger partial charge in [0.15, 0.2) is 0 Å². The number of ether oxygens (including phenoxy) is 3. The average molecular weight is 654 g/mol. The van der Waals surface area contributed by atoms with Crippen LogP contribution in [0.4, 0.5) is 4.79 Å². The van der Waals surface area contributed by atoms with Crippen molar-refractivity contribution < 1.29 is 28.6 Å². The molecule has 1 aliphatic carbocycles. The van der Waals surface area contributed by atoms with E-state index in [4.69, 9.17) is 14.2 Å². The Morgan fingerprint density at radius 3 is 2.31 bits per heavy atom. The molecule has 1 aliphatic heterocycles. The minimum atomic E-state index is -0.649. The van der Waals surface area contributed by atoms with Gasteiger partial charge in [0.1, 0.15) is 17.1 Å². The predicted octanol–water partition coefficient (Wildman–Crippen LogP) is 6.85. The van der Waals surface area contributed by atoms with Crippen LogP contribution in [0.1, 0.15) is 64.0 Å². The number of nitrogens with one attached hydrogen (secondary N) is 1. The van der Waals surface area contributed by atoms with E-state index in [1.165, 1.54) is 0 Å². The van der Waals surface area contributed by atoms with Gasteiger partial charge in [0, 0.05) is 44.2 Å². The highest BCUT2D eigenvalue weighted by molar-refractivity contribution is 6.03. The maximum atomic E-state index is 14.7. The van der Waals surface area contributed by atoms with Crippen molar-refractivity contribution in [2.75, 3.05) is 33.9 Å². The van der Waals surface area contributed by atoms with E-state index in [1.54, 1.807) is 19.1 Å². The first-order chi connectivity index (χ1) is 23.0. The Kier molecular flexibility index (Phi) is 11.1. The number of carbonyl (C=O) groups excluding carboxylic acids is 3. The van der Waals surface area contributed by atoms with Gasteiger partial charge in [-0.3, -0.25) is 9.59 Å². The number of amides is 3. The number of rotatable bonds is 12. The fourth-order valence-corrected chi connectivity index (χ4v) is 5.87. The van der Waals surface area contributed by atoms with Crippen molar-refractivity contribution in [3.63, 3.8) is 0 Å². The molecule has 0 bridgehead atoms. The standard InChI is InChI=1S/C39H47N3O6/c1-39(2,3)48-38(45)41-19-18-34(30-14-9-13-29(23-30)28-11-7-6-8-12-28)35(26-41)37(44)42(31-16-17-31)25-27-21-32(46-5)24-33(22-27)47-20-10-15-36(43)40-4/h6-9,11-14,21-24,31H,10,15-20,25-26H2,1-5H3,(H,40,43). The number of benzene rings is 3. The van der Waals surface area contributed by atoms with Crippen LogP contribution in [0, 0.1) is 0 Å². The van der Waals surface area contributed by atoms with E-state index in [0.29, 0.717) is 56.0 Å². The maximum absolute atomic E-state index is 14.7. The van der Waals surface area contributed by atoms with Crippen molar-refractivity contribution in [3.05, 3.63) is 89.5 Å². The molecule has 0 atom stereocenters. The van der Waals surface area contributed by atoms with Gasteiger partial charge in [-0.15, -0.1) is 0 Å². The first-order valence-electron chi connectivity index (χ1n) is 16.7. The summed E-state index contributed by atoms with van der Waals surface area (Å²) < 4.78 is 17.3. The maximum Gasteiger partial charge on any atom is 0.410 e. The summed E-state index contributed by atoms with van der Waals surface area (Å²) >= 11 is 0. The molecule has 9 heteroatoms. The summed E-state index contributed by atoms with van der Waals surface area (Å²) in [6, 6.07) is 24.2.